The third-order valence-electron chi connectivity index (χ3n) is 4.07. The molecular weight excluding hydrogens is 272 g/mol. The smallest absolute Gasteiger partial charge is 0.272 e. The first-order valence-corrected chi connectivity index (χ1v) is 7.12. The van der Waals surface area contributed by atoms with E-state index in [-0.39, 0.29) is 17.5 Å². The molecule has 1 saturated heterocycles. The largest absolute Gasteiger partial charge is 0.393 e. The molecule has 0 spiro atoms. The molecule has 0 aromatic heterocycles. The van der Waals surface area contributed by atoms with Crippen LogP contribution in [0.1, 0.15) is 35.7 Å². The van der Waals surface area contributed by atoms with Gasteiger partial charge in [0, 0.05) is 36.2 Å². The van der Waals surface area contributed by atoms with Gasteiger partial charge in [-0.05, 0) is 38.8 Å². The van der Waals surface area contributed by atoms with E-state index < -0.39 is 11.0 Å². The molecule has 6 nitrogen and oxygen atoms in total. The van der Waals surface area contributed by atoms with Gasteiger partial charge in [0.2, 0.25) is 0 Å². The van der Waals surface area contributed by atoms with E-state index in [4.69, 9.17) is 0 Å². The molecule has 1 aliphatic rings. The molecule has 6 heteroatoms. The second-order valence-electron chi connectivity index (χ2n) is 5.65. The number of likely N-dealkylation sites (tertiary alicyclic amines) is 1. The normalized spacial score (nSPS) is 20.1. The van der Waals surface area contributed by atoms with Crippen molar-refractivity contribution in [3.8, 4) is 0 Å². The minimum atomic E-state index is -0.450. The number of nitrogens with zero attached hydrogens (tertiary/aromatic N) is 2. The van der Waals surface area contributed by atoms with E-state index in [2.05, 4.69) is 0 Å². The van der Waals surface area contributed by atoms with Crippen LogP contribution in [0.15, 0.2) is 18.2 Å². The van der Waals surface area contributed by atoms with E-state index in [0.29, 0.717) is 24.2 Å². The van der Waals surface area contributed by atoms with Crippen LogP contribution in [0.2, 0.25) is 0 Å². The van der Waals surface area contributed by atoms with Gasteiger partial charge in [0.15, 0.2) is 0 Å². The quantitative estimate of drug-likeness (QED) is 0.683. The van der Waals surface area contributed by atoms with Gasteiger partial charge >= 0.3 is 0 Å². The summed E-state index contributed by atoms with van der Waals surface area (Å²) >= 11 is 0. The number of nitro benzene ring substituents is 1. The van der Waals surface area contributed by atoms with Crippen molar-refractivity contribution in [1.29, 1.82) is 0 Å². The molecule has 21 heavy (non-hydrogen) atoms. The Morgan fingerprint density at radius 2 is 2.24 bits per heavy atom. The number of aryl methyl sites for hydroxylation is 1. The van der Waals surface area contributed by atoms with Gasteiger partial charge in [-0.2, -0.15) is 0 Å². The second-order valence-corrected chi connectivity index (χ2v) is 5.65. The Hall–Kier alpha value is -1.95. The second kappa shape index (κ2) is 6.22. The van der Waals surface area contributed by atoms with Crippen LogP contribution in [0.3, 0.4) is 0 Å². The fourth-order valence-electron chi connectivity index (χ4n) is 2.76. The van der Waals surface area contributed by atoms with E-state index in [1.807, 2.05) is 0 Å². The molecule has 0 bridgehead atoms. The standard InChI is InChI=1S/C15H20N2O4/c1-10-8-12(5-6-14(10)17(20)21)15(19)16-7-3-4-13(9-16)11(2)18/h5-6,8,11,13,18H,3-4,7,9H2,1-2H3. The maximum absolute atomic E-state index is 12.5. The SMILES string of the molecule is Cc1cc(C(=O)N2CCCC(C(C)O)C2)ccc1[N+](=O)[O-]. The molecule has 0 saturated carbocycles. The third kappa shape index (κ3) is 3.39. The molecule has 1 aromatic carbocycles. The fourth-order valence-corrected chi connectivity index (χ4v) is 2.76. The highest BCUT2D eigenvalue weighted by molar-refractivity contribution is 5.94. The van der Waals surface area contributed by atoms with Crippen molar-refractivity contribution >= 4 is 11.6 Å². The molecular formula is C15H20N2O4. The van der Waals surface area contributed by atoms with Crippen molar-refractivity contribution < 1.29 is 14.8 Å². The van der Waals surface area contributed by atoms with Crippen LogP contribution in [-0.4, -0.2) is 40.0 Å². The summed E-state index contributed by atoms with van der Waals surface area (Å²) in [6.45, 7) is 4.57. The van der Waals surface area contributed by atoms with Gasteiger partial charge in [-0.15, -0.1) is 0 Å². The predicted molar refractivity (Wildman–Crippen MR) is 78.1 cm³/mol. The molecule has 1 aromatic rings. The molecule has 1 N–H and O–H groups in total. The van der Waals surface area contributed by atoms with Gasteiger partial charge in [-0.3, -0.25) is 14.9 Å². The number of hydrogen-bond donors (Lipinski definition) is 1. The van der Waals surface area contributed by atoms with E-state index in [0.717, 1.165) is 12.8 Å². The average molecular weight is 292 g/mol. The number of carbonyl (C=O) groups is 1. The molecule has 2 rings (SSSR count). The predicted octanol–water partition coefficient (Wildman–Crippen LogP) is 2.14. The minimum absolute atomic E-state index is 0.0204. The first-order chi connectivity index (χ1) is 9.90. The lowest BCUT2D eigenvalue weighted by Crippen LogP contribution is -2.42. The first-order valence-electron chi connectivity index (χ1n) is 7.12. The zero-order valence-electron chi connectivity index (χ0n) is 12.3. The summed E-state index contributed by atoms with van der Waals surface area (Å²) in [5.74, 6) is -0.0276. The number of benzene rings is 1. The Morgan fingerprint density at radius 3 is 2.81 bits per heavy atom. The highest BCUT2D eigenvalue weighted by Gasteiger charge is 2.27. The molecule has 2 unspecified atom stereocenters. The van der Waals surface area contributed by atoms with Gasteiger partial charge in [0.25, 0.3) is 11.6 Å². The number of carbonyl (C=O) groups excluding carboxylic acids is 1. The highest BCUT2D eigenvalue weighted by atomic mass is 16.6. The van der Waals surface area contributed by atoms with Crippen LogP contribution >= 0.6 is 0 Å². The van der Waals surface area contributed by atoms with Crippen molar-refractivity contribution in [3.05, 3.63) is 39.4 Å². The van der Waals surface area contributed by atoms with Gasteiger partial charge in [-0.25, -0.2) is 0 Å². The van der Waals surface area contributed by atoms with Gasteiger partial charge in [0.1, 0.15) is 0 Å². The van der Waals surface area contributed by atoms with E-state index in [1.165, 1.54) is 12.1 Å². The monoisotopic (exact) mass is 292 g/mol. The van der Waals surface area contributed by atoms with Crippen LogP contribution < -0.4 is 0 Å². The Morgan fingerprint density at radius 1 is 1.52 bits per heavy atom. The van der Waals surface area contributed by atoms with Crippen LogP contribution in [0, 0.1) is 23.0 Å². The zero-order valence-corrected chi connectivity index (χ0v) is 12.3. The van der Waals surface area contributed by atoms with Crippen LogP contribution in [-0.2, 0) is 0 Å². The summed E-state index contributed by atoms with van der Waals surface area (Å²) < 4.78 is 0. The molecule has 2 atom stereocenters. The fraction of sp³-hybridized carbons (Fsp3) is 0.533. The van der Waals surface area contributed by atoms with E-state index in [1.54, 1.807) is 24.8 Å². The van der Waals surface area contributed by atoms with Gasteiger partial charge in [-0.1, -0.05) is 0 Å². The van der Waals surface area contributed by atoms with Gasteiger partial charge < -0.3 is 10.0 Å². The number of amides is 1. The van der Waals surface area contributed by atoms with Crippen LogP contribution in [0.5, 0.6) is 0 Å². The number of hydrogen-bond acceptors (Lipinski definition) is 4. The summed E-state index contributed by atoms with van der Waals surface area (Å²) in [6, 6.07) is 4.44. The summed E-state index contributed by atoms with van der Waals surface area (Å²) in [7, 11) is 0. The first kappa shape index (κ1) is 15.4. The average Bonchev–Trinajstić information content (AvgIpc) is 2.46. The summed E-state index contributed by atoms with van der Waals surface area (Å²) in [4.78, 5) is 24.6. The van der Waals surface area contributed by atoms with E-state index >= 15 is 0 Å². The van der Waals surface area contributed by atoms with Crippen LogP contribution in [0.4, 0.5) is 5.69 Å². The van der Waals surface area contributed by atoms with Crippen molar-refractivity contribution in [1.82, 2.24) is 4.90 Å². The Balaban J connectivity index is 2.16. The topological polar surface area (TPSA) is 83.7 Å². The van der Waals surface area contributed by atoms with Crippen molar-refractivity contribution in [2.75, 3.05) is 13.1 Å². The van der Waals surface area contributed by atoms with Crippen molar-refractivity contribution in [3.63, 3.8) is 0 Å². The van der Waals surface area contributed by atoms with Gasteiger partial charge in [0.05, 0.1) is 11.0 Å². The Bertz CT molecular complexity index is 557. The maximum atomic E-state index is 12.5. The number of piperidine rings is 1. The number of rotatable bonds is 3. The lowest BCUT2D eigenvalue weighted by atomic mass is 9.93. The number of nitro groups is 1. The van der Waals surface area contributed by atoms with Crippen molar-refractivity contribution in [2.45, 2.75) is 32.8 Å². The summed E-state index contributed by atoms with van der Waals surface area (Å²) in [6.07, 6.45) is 1.35. The number of aliphatic hydroxyl groups excluding tert-OH is 1. The molecule has 1 aliphatic heterocycles. The third-order valence-corrected chi connectivity index (χ3v) is 4.07. The zero-order chi connectivity index (χ0) is 15.6. The molecule has 1 heterocycles. The molecule has 114 valence electrons. The molecule has 1 fully saturated rings. The number of aliphatic hydroxyl groups is 1. The van der Waals surface area contributed by atoms with Crippen LogP contribution in [0.25, 0.3) is 0 Å². The maximum Gasteiger partial charge on any atom is 0.272 e. The minimum Gasteiger partial charge on any atom is -0.393 e. The van der Waals surface area contributed by atoms with E-state index in [9.17, 15) is 20.0 Å². The molecule has 0 radical (unpaired) electrons. The lowest BCUT2D eigenvalue weighted by Gasteiger charge is -2.34. The molecule has 0 aliphatic carbocycles. The van der Waals surface area contributed by atoms with Crippen molar-refractivity contribution in [2.24, 2.45) is 5.92 Å². The highest BCUT2D eigenvalue weighted by Crippen LogP contribution is 2.23. The lowest BCUT2D eigenvalue weighted by molar-refractivity contribution is -0.385. The summed E-state index contributed by atoms with van der Waals surface area (Å²) in [5, 5.41) is 20.5. The Labute approximate surface area is 123 Å². The summed E-state index contributed by atoms with van der Waals surface area (Å²) in [5.41, 5.74) is 0.964. The Kier molecular flexibility index (Phi) is 4.57. The molecule has 1 amide bonds.